The zero-order valence-corrected chi connectivity index (χ0v) is 33.4. The van der Waals surface area contributed by atoms with Gasteiger partial charge >= 0.3 is 5.97 Å². The van der Waals surface area contributed by atoms with Gasteiger partial charge in [-0.1, -0.05) is 27.7 Å². The van der Waals surface area contributed by atoms with E-state index in [1.165, 1.54) is 27.9 Å². The van der Waals surface area contributed by atoms with Gasteiger partial charge in [-0.2, -0.15) is 0 Å². The molecular formula is C37H69NO14. The molecule has 18 atom stereocenters. The third kappa shape index (κ3) is 9.90. The van der Waals surface area contributed by atoms with E-state index < -0.39 is 108 Å². The third-order valence-corrected chi connectivity index (χ3v) is 11.8. The molecule has 15 heteroatoms. The van der Waals surface area contributed by atoms with Gasteiger partial charge in [0, 0.05) is 37.3 Å². The zero-order chi connectivity index (χ0) is 39.0. The summed E-state index contributed by atoms with van der Waals surface area (Å²) in [4.78, 5) is 29.8. The van der Waals surface area contributed by atoms with Crippen molar-refractivity contribution in [2.24, 2.45) is 23.7 Å². The highest BCUT2D eigenvalue weighted by molar-refractivity contribution is 5.83. The number of hydrogen-bond acceptors (Lipinski definition) is 14. The van der Waals surface area contributed by atoms with Crippen LogP contribution in [0.4, 0.5) is 0 Å². The summed E-state index contributed by atoms with van der Waals surface area (Å²) in [6.07, 6.45) is -9.71. The van der Waals surface area contributed by atoms with Crippen molar-refractivity contribution in [1.29, 1.82) is 0 Å². The van der Waals surface area contributed by atoms with E-state index >= 15 is 0 Å². The van der Waals surface area contributed by atoms with Gasteiger partial charge in [0.05, 0.1) is 47.6 Å². The number of carbonyl (C=O) groups is 2. The monoisotopic (exact) mass is 751 g/mol. The molecule has 0 radical (unpaired) electrons. The van der Waals surface area contributed by atoms with Gasteiger partial charge in [0.25, 0.3) is 0 Å². The van der Waals surface area contributed by atoms with Gasteiger partial charge in [0.15, 0.2) is 12.6 Å². The fraction of sp³-hybridized carbons (Fsp3) is 0.946. The minimum atomic E-state index is -1.99. The van der Waals surface area contributed by atoms with Crippen molar-refractivity contribution in [1.82, 2.24) is 4.90 Å². The number of rotatable bonds is 7. The summed E-state index contributed by atoms with van der Waals surface area (Å²) in [5.41, 5.74) is -4.84. The molecule has 15 nitrogen and oxygen atoms in total. The topological polar surface area (TPSA) is 225 Å². The molecule has 3 fully saturated rings. The minimum Gasteiger partial charge on any atom is -0.459 e. The van der Waals surface area contributed by atoms with E-state index in [0.29, 0.717) is 6.42 Å². The summed E-state index contributed by atoms with van der Waals surface area (Å²) in [6.45, 7) is 16.3. The highest BCUT2D eigenvalue weighted by Crippen LogP contribution is 2.40. The molecule has 306 valence electrons. The number of cyclic esters (lactones) is 1. The van der Waals surface area contributed by atoms with E-state index in [1.54, 1.807) is 41.5 Å². The molecule has 3 aliphatic heterocycles. The second-order valence-electron chi connectivity index (χ2n) is 16.5. The molecular weight excluding hydrogens is 682 g/mol. The lowest BCUT2D eigenvalue weighted by Gasteiger charge is -2.49. The summed E-state index contributed by atoms with van der Waals surface area (Å²) < 4.78 is 37.1. The maximum Gasteiger partial charge on any atom is 0.311 e. The molecule has 3 rings (SSSR count). The lowest BCUT2D eigenvalue weighted by Crippen LogP contribution is -2.61. The minimum absolute atomic E-state index is 0. The van der Waals surface area contributed by atoms with E-state index in [-0.39, 0.29) is 36.9 Å². The van der Waals surface area contributed by atoms with Crippen LogP contribution in [0.3, 0.4) is 0 Å². The van der Waals surface area contributed by atoms with E-state index in [0.717, 1.165) is 0 Å². The van der Waals surface area contributed by atoms with E-state index in [1.807, 2.05) is 25.9 Å². The van der Waals surface area contributed by atoms with Crippen molar-refractivity contribution in [3.8, 4) is 0 Å². The smallest absolute Gasteiger partial charge is 0.311 e. The van der Waals surface area contributed by atoms with Gasteiger partial charge in [-0.15, -0.1) is 0 Å². The summed E-state index contributed by atoms with van der Waals surface area (Å²) in [7, 11) is 5.18. The first-order valence-corrected chi connectivity index (χ1v) is 18.5. The first kappa shape index (κ1) is 46.8. The molecule has 2 unspecified atom stereocenters. The quantitative estimate of drug-likeness (QED) is 0.229. The Morgan fingerprint density at radius 1 is 0.885 bits per heavy atom. The Hall–Kier alpha value is -1.34. The van der Waals surface area contributed by atoms with Crippen LogP contribution in [0.2, 0.25) is 0 Å². The van der Waals surface area contributed by atoms with Crippen LogP contribution < -0.4 is 0 Å². The van der Waals surface area contributed by atoms with Crippen molar-refractivity contribution < 1.29 is 69.0 Å². The summed E-state index contributed by atoms with van der Waals surface area (Å²) in [5, 5.41) is 57.6. The van der Waals surface area contributed by atoms with Crippen LogP contribution in [0.15, 0.2) is 0 Å². The summed E-state index contributed by atoms with van der Waals surface area (Å²) in [6, 6.07) is -0.324. The van der Waals surface area contributed by atoms with E-state index in [4.69, 9.17) is 28.4 Å². The molecule has 52 heavy (non-hydrogen) atoms. The van der Waals surface area contributed by atoms with Crippen LogP contribution >= 0.6 is 0 Å². The Labute approximate surface area is 309 Å². The van der Waals surface area contributed by atoms with Gasteiger partial charge in [-0.3, -0.25) is 9.59 Å². The SMILES string of the molecule is CCC1OC(=O)[C@H](C)C(O[C@H]2C[C@@](C)(OC)[C@@H](O)[C@H](C)O2)[C@H](C)[C@@H](O[C@@H]2O[C@H](C)C[C@H](N(C)C)[C@H]2O)[C@](C)(O)C[C@@H](C)C(=O)[C@H](C)[C@@H](O)[C@]1(C)O.O. The van der Waals surface area contributed by atoms with Crippen LogP contribution in [-0.4, -0.2) is 153 Å². The number of ketones is 1. The Morgan fingerprint density at radius 3 is 2.02 bits per heavy atom. The van der Waals surface area contributed by atoms with Crippen LogP contribution in [0.5, 0.6) is 0 Å². The number of Topliss-reactive ketones (excluding diaryl/α,β-unsaturated/α-hetero) is 1. The normalized spacial score (nSPS) is 48.8. The molecule has 0 spiro atoms. The van der Waals surface area contributed by atoms with Crippen molar-refractivity contribution in [2.45, 2.75) is 179 Å². The molecule has 0 bridgehead atoms. The van der Waals surface area contributed by atoms with E-state index in [2.05, 4.69) is 0 Å². The first-order valence-electron chi connectivity index (χ1n) is 18.5. The molecule has 3 saturated heterocycles. The fourth-order valence-corrected chi connectivity index (χ4v) is 8.41. The molecule has 0 amide bonds. The number of nitrogens with zero attached hydrogens (tertiary/aromatic N) is 1. The van der Waals surface area contributed by atoms with Crippen molar-refractivity contribution in [3.05, 3.63) is 0 Å². The Balaban J connectivity index is 0.00000936. The van der Waals surface area contributed by atoms with Gasteiger partial charge in [0.2, 0.25) is 0 Å². The van der Waals surface area contributed by atoms with Crippen molar-refractivity contribution in [3.63, 3.8) is 0 Å². The van der Waals surface area contributed by atoms with Crippen LogP contribution in [0.25, 0.3) is 0 Å². The summed E-state index contributed by atoms with van der Waals surface area (Å²) in [5.74, 6) is -4.98. The highest BCUT2D eigenvalue weighted by Gasteiger charge is 2.53. The first-order chi connectivity index (χ1) is 23.4. The van der Waals surface area contributed by atoms with Gasteiger partial charge in [-0.05, 0) is 74.9 Å². The van der Waals surface area contributed by atoms with Crippen molar-refractivity contribution in [2.75, 3.05) is 21.2 Å². The average molecular weight is 752 g/mol. The van der Waals surface area contributed by atoms with Crippen LogP contribution in [0, 0.1) is 23.7 Å². The second kappa shape index (κ2) is 18.1. The van der Waals surface area contributed by atoms with Crippen molar-refractivity contribution >= 4 is 11.8 Å². The van der Waals surface area contributed by atoms with Gasteiger partial charge in [0.1, 0.15) is 29.7 Å². The number of aliphatic hydroxyl groups is 5. The molecule has 0 aromatic rings. The summed E-state index contributed by atoms with van der Waals surface area (Å²) >= 11 is 0. The zero-order valence-electron chi connectivity index (χ0n) is 33.4. The fourth-order valence-electron chi connectivity index (χ4n) is 8.41. The Bertz CT molecular complexity index is 1170. The van der Waals surface area contributed by atoms with E-state index in [9.17, 15) is 35.1 Å². The molecule has 3 heterocycles. The van der Waals surface area contributed by atoms with Gasteiger partial charge < -0.3 is 64.3 Å². The molecule has 0 aliphatic carbocycles. The number of carbonyl (C=O) groups excluding carboxylic acids is 2. The van der Waals surface area contributed by atoms with Gasteiger partial charge in [-0.25, -0.2) is 0 Å². The predicted octanol–water partition coefficient (Wildman–Crippen LogP) is 0.961. The molecule has 0 aromatic heterocycles. The lowest BCUT2D eigenvalue weighted by molar-refractivity contribution is -0.318. The second-order valence-corrected chi connectivity index (χ2v) is 16.5. The number of hydrogen-bond donors (Lipinski definition) is 5. The molecule has 0 aromatic carbocycles. The maximum atomic E-state index is 14.1. The Kier molecular flexibility index (Phi) is 16.3. The van der Waals surface area contributed by atoms with Crippen LogP contribution in [0.1, 0.15) is 94.9 Å². The lowest BCUT2D eigenvalue weighted by atomic mass is 9.74. The maximum absolute atomic E-state index is 14.1. The van der Waals surface area contributed by atoms with Crippen LogP contribution in [-0.2, 0) is 38.0 Å². The predicted molar refractivity (Wildman–Crippen MR) is 190 cm³/mol. The standard InChI is InChI=1S/C37H67NO13.H2O/c1-14-25-37(10,45)30(41)20(4)27(39)18(2)16-35(8,44)32(51-34-28(40)24(38(11)12)15-19(3)47-34)21(5)29(22(6)33(43)49-25)50-26-17-36(9,46-13)31(42)23(7)48-26;/h18-26,28-32,34,40-42,44-45H,14-17H2,1-13H3;1H2/t18-,19-,20+,21+,22-,23+,24+,25?,26+,28-,29?,30-,31+,32-,34+,35-,36-,37-;/m1./s1. The third-order valence-electron chi connectivity index (χ3n) is 11.8. The number of aliphatic hydroxyl groups excluding tert-OH is 3. The number of ether oxygens (including phenoxy) is 6. The molecule has 7 N–H and O–H groups in total. The number of likely N-dealkylation sites (N-methyl/N-ethyl adjacent to an activating group) is 1. The molecule has 0 saturated carbocycles. The Morgan fingerprint density at radius 2 is 1.48 bits per heavy atom. The highest BCUT2D eigenvalue weighted by atomic mass is 16.7. The molecule has 3 aliphatic rings. The average Bonchev–Trinajstić information content (AvgIpc) is 3.05. The largest absolute Gasteiger partial charge is 0.459 e. The number of esters is 1. The number of methoxy groups -OCH3 is 1.